The van der Waals surface area contributed by atoms with E-state index in [1.807, 2.05) is 49.4 Å². The van der Waals surface area contributed by atoms with E-state index in [0.29, 0.717) is 11.4 Å². The molecule has 4 rings (SSSR count). The molecule has 148 valence electrons. The minimum absolute atomic E-state index is 0.0809. The number of hydrogen-bond acceptors (Lipinski definition) is 4. The summed E-state index contributed by atoms with van der Waals surface area (Å²) in [4.78, 5) is 29.8. The summed E-state index contributed by atoms with van der Waals surface area (Å²) < 4.78 is 0. The van der Waals surface area contributed by atoms with Gasteiger partial charge in [-0.3, -0.25) is 9.59 Å². The highest BCUT2D eigenvalue weighted by atomic mass is 32.1. The van der Waals surface area contributed by atoms with Crippen LogP contribution in [0.1, 0.15) is 44.3 Å². The first kappa shape index (κ1) is 19.3. The maximum atomic E-state index is 12.7. The van der Waals surface area contributed by atoms with Crippen molar-refractivity contribution >= 4 is 28.8 Å². The van der Waals surface area contributed by atoms with E-state index in [-0.39, 0.29) is 17.7 Å². The summed E-state index contributed by atoms with van der Waals surface area (Å²) in [5.41, 5.74) is 3.65. The normalized spacial score (nSPS) is 13.1. The van der Waals surface area contributed by atoms with Crippen LogP contribution in [0.25, 0.3) is 0 Å². The Labute approximate surface area is 174 Å². The minimum atomic E-state index is -0.119. The highest BCUT2D eigenvalue weighted by molar-refractivity contribution is 7.13. The summed E-state index contributed by atoms with van der Waals surface area (Å²) in [7, 11) is 0. The molecule has 3 aromatic rings. The highest BCUT2D eigenvalue weighted by Crippen LogP contribution is 2.30. The van der Waals surface area contributed by atoms with E-state index in [0.717, 1.165) is 41.2 Å². The number of hydrogen-bond donors (Lipinski definition) is 2. The van der Waals surface area contributed by atoms with E-state index < -0.39 is 0 Å². The highest BCUT2D eigenvalue weighted by Gasteiger charge is 2.29. The van der Waals surface area contributed by atoms with E-state index >= 15 is 0 Å². The van der Waals surface area contributed by atoms with E-state index in [1.165, 1.54) is 16.9 Å². The zero-order valence-corrected chi connectivity index (χ0v) is 17.1. The van der Waals surface area contributed by atoms with Crippen molar-refractivity contribution in [2.75, 3.05) is 5.32 Å². The van der Waals surface area contributed by atoms with E-state index in [4.69, 9.17) is 0 Å². The largest absolute Gasteiger partial charge is 0.347 e. The number of nitrogens with one attached hydrogen (secondary N) is 2. The van der Waals surface area contributed by atoms with Crippen molar-refractivity contribution in [3.05, 3.63) is 81.3 Å². The van der Waals surface area contributed by atoms with Crippen molar-refractivity contribution in [2.45, 2.75) is 32.7 Å². The molecule has 0 radical (unpaired) electrons. The van der Waals surface area contributed by atoms with Gasteiger partial charge >= 0.3 is 0 Å². The van der Waals surface area contributed by atoms with Crippen molar-refractivity contribution in [3.8, 4) is 0 Å². The maximum Gasteiger partial charge on any atom is 0.263 e. The van der Waals surface area contributed by atoms with Crippen LogP contribution >= 0.6 is 11.3 Å². The van der Waals surface area contributed by atoms with Crippen LogP contribution in [-0.2, 0) is 17.8 Å². The molecule has 1 heterocycles. The fraction of sp³-hybridized carbons (Fsp3) is 0.261. The molecule has 0 spiro atoms. The quantitative estimate of drug-likeness (QED) is 0.615. The number of rotatable bonds is 7. The second-order valence-electron chi connectivity index (χ2n) is 7.33. The lowest BCUT2D eigenvalue weighted by Gasteiger charge is -2.08. The van der Waals surface area contributed by atoms with Crippen molar-refractivity contribution in [1.82, 2.24) is 10.3 Å². The molecule has 0 unspecified atom stereocenters. The van der Waals surface area contributed by atoms with Crippen molar-refractivity contribution in [3.63, 3.8) is 0 Å². The summed E-state index contributed by atoms with van der Waals surface area (Å²) >= 11 is 1.44. The summed E-state index contributed by atoms with van der Waals surface area (Å²) in [6.45, 7) is 2.27. The fourth-order valence-corrected chi connectivity index (χ4v) is 4.14. The third-order valence-corrected chi connectivity index (χ3v) is 6.00. The molecule has 0 saturated heterocycles. The van der Waals surface area contributed by atoms with E-state index in [1.54, 1.807) is 0 Å². The van der Waals surface area contributed by atoms with Crippen LogP contribution < -0.4 is 10.6 Å². The molecule has 1 saturated carbocycles. The number of aromatic nitrogens is 1. The van der Waals surface area contributed by atoms with Crippen LogP contribution in [0.2, 0.25) is 0 Å². The predicted molar refractivity (Wildman–Crippen MR) is 115 cm³/mol. The van der Waals surface area contributed by atoms with E-state index in [9.17, 15) is 9.59 Å². The standard InChI is InChI=1S/C23H23N3O2S/c1-15-21(29-20(25-15)13-16-6-3-2-4-7-16)23(28)24-14-17-8-5-9-19(12-17)26-22(27)18-10-11-18/h2-9,12,18H,10-11,13-14H2,1H3,(H,24,28)(H,26,27). The number of nitrogens with zero attached hydrogens (tertiary/aromatic N) is 1. The second-order valence-corrected chi connectivity index (χ2v) is 8.41. The Morgan fingerprint density at radius 1 is 1.07 bits per heavy atom. The average Bonchev–Trinajstić information content (AvgIpc) is 3.51. The van der Waals surface area contributed by atoms with Gasteiger partial charge in [-0.1, -0.05) is 42.5 Å². The third kappa shape index (κ3) is 5.09. The first-order valence-electron chi connectivity index (χ1n) is 9.77. The van der Waals surface area contributed by atoms with E-state index in [2.05, 4.69) is 27.8 Å². The summed E-state index contributed by atoms with van der Waals surface area (Å²) in [6.07, 6.45) is 2.67. The molecule has 6 heteroatoms. The first-order chi connectivity index (χ1) is 14.1. The van der Waals surface area contributed by atoms with Crippen LogP contribution in [0, 0.1) is 12.8 Å². The number of amides is 2. The van der Waals surface area contributed by atoms with Gasteiger partial charge in [0.25, 0.3) is 5.91 Å². The third-order valence-electron chi connectivity index (χ3n) is 4.84. The number of anilines is 1. The molecular weight excluding hydrogens is 382 g/mol. The Balaban J connectivity index is 1.36. The van der Waals surface area contributed by atoms with Crippen LogP contribution in [0.15, 0.2) is 54.6 Å². The predicted octanol–water partition coefficient (Wildman–Crippen LogP) is 4.32. The van der Waals surface area contributed by atoms with Crippen LogP contribution in [0.5, 0.6) is 0 Å². The Bertz CT molecular complexity index is 1030. The number of thiazole rings is 1. The number of benzene rings is 2. The Morgan fingerprint density at radius 3 is 2.59 bits per heavy atom. The van der Waals surface area contributed by atoms with Gasteiger partial charge in [0.05, 0.1) is 10.7 Å². The molecule has 5 nitrogen and oxygen atoms in total. The van der Waals surface area contributed by atoms with Gasteiger partial charge in [0.15, 0.2) is 0 Å². The molecule has 2 aromatic carbocycles. The number of aryl methyl sites for hydroxylation is 1. The average molecular weight is 406 g/mol. The molecule has 1 aromatic heterocycles. The zero-order valence-electron chi connectivity index (χ0n) is 16.3. The number of carbonyl (C=O) groups excluding carboxylic acids is 2. The molecule has 1 fully saturated rings. The Hall–Kier alpha value is -2.99. The lowest BCUT2D eigenvalue weighted by Crippen LogP contribution is -2.22. The molecule has 2 amide bonds. The van der Waals surface area contributed by atoms with Gasteiger partial charge in [0.2, 0.25) is 5.91 Å². The van der Waals surface area contributed by atoms with Gasteiger partial charge in [0.1, 0.15) is 4.88 Å². The van der Waals surface area contributed by atoms with Gasteiger partial charge in [0, 0.05) is 24.6 Å². The molecule has 1 aliphatic carbocycles. The van der Waals surface area contributed by atoms with Gasteiger partial charge in [-0.25, -0.2) is 4.98 Å². The van der Waals surface area contributed by atoms with Gasteiger partial charge in [-0.2, -0.15) is 0 Å². The summed E-state index contributed by atoms with van der Waals surface area (Å²) in [5.74, 6) is 0.127. The lowest BCUT2D eigenvalue weighted by molar-refractivity contribution is -0.117. The van der Waals surface area contributed by atoms with Gasteiger partial charge in [-0.05, 0) is 43.0 Å². The Kier molecular flexibility index (Phi) is 5.71. The molecule has 0 atom stereocenters. The van der Waals surface area contributed by atoms with Crippen LogP contribution in [0.3, 0.4) is 0 Å². The van der Waals surface area contributed by atoms with Crippen molar-refractivity contribution < 1.29 is 9.59 Å². The smallest absolute Gasteiger partial charge is 0.263 e. The zero-order chi connectivity index (χ0) is 20.2. The monoisotopic (exact) mass is 405 g/mol. The molecule has 1 aliphatic rings. The molecule has 0 aliphatic heterocycles. The summed E-state index contributed by atoms with van der Waals surface area (Å²) in [5, 5.41) is 6.84. The second kappa shape index (κ2) is 8.57. The minimum Gasteiger partial charge on any atom is -0.347 e. The topological polar surface area (TPSA) is 71.1 Å². The first-order valence-corrected chi connectivity index (χ1v) is 10.6. The molecular formula is C23H23N3O2S. The fourth-order valence-electron chi connectivity index (χ4n) is 3.12. The molecule has 0 bridgehead atoms. The van der Waals surface area contributed by atoms with Gasteiger partial charge in [-0.15, -0.1) is 11.3 Å². The van der Waals surface area contributed by atoms with Crippen LogP contribution in [-0.4, -0.2) is 16.8 Å². The number of carbonyl (C=O) groups is 2. The molecule has 29 heavy (non-hydrogen) atoms. The van der Waals surface area contributed by atoms with Crippen LogP contribution in [0.4, 0.5) is 5.69 Å². The SMILES string of the molecule is Cc1nc(Cc2ccccc2)sc1C(=O)NCc1cccc(NC(=O)C2CC2)c1. The van der Waals surface area contributed by atoms with Gasteiger partial charge < -0.3 is 10.6 Å². The lowest BCUT2D eigenvalue weighted by atomic mass is 10.2. The van der Waals surface area contributed by atoms with Crippen molar-refractivity contribution in [2.24, 2.45) is 5.92 Å². The Morgan fingerprint density at radius 2 is 1.83 bits per heavy atom. The summed E-state index contributed by atoms with van der Waals surface area (Å²) in [6, 6.07) is 17.7. The molecule has 2 N–H and O–H groups in total. The van der Waals surface area contributed by atoms with Crippen molar-refractivity contribution in [1.29, 1.82) is 0 Å². The maximum absolute atomic E-state index is 12.7.